The molecule has 0 saturated carbocycles. The molecule has 0 aliphatic heterocycles. The van der Waals surface area contributed by atoms with Crippen molar-refractivity contribution in [2.45, 2.75) is 78.7 Å². The van der Waals surface area contributed by atoms with Crippen molar-refractivity contribution in [2.24, 2.45) is 0 Å². The second kappa shape index (κ2) is 6.66. The van der Waals surface area contributed by atoms with Crippen LogP contribution < -0.4 is 0 Å². The number of rotatable bonds is 7. The Bertz CT molecular complexity index is 159. The summed E-state index contributed by atoms with van der Waals surface area (Å²) in [5, 5.41) is 0. The van der Waals surface area contributed by atoms with Gasteiger partial charge in [0.2, 0.25) is 0 Å². The Hall–Kier alpha value is 0.137. The van der Waals surface area contributed by atoms with Gasteiger partial charge < -0.3 is 8.85 Å². The quantitative estimate of drug-likeness (QED) is 0.615. The second-order valence-electron chi connectivity index (χ2n) is 4.81. The van der Waals surface area contributed by atoms with Gasteiger partial charge in [0, 0.05) is 12.2 Å². The van der Waals surface area contributed by atoms with Crippen LogP contribution in [0.25, 0.3) is 0 Å². The van der Waals surface area contributed by atoms with Gasteiger partial charge in [0.25, 0.3) is 0 Å². The highest BCUT2D eigenvalue weighted by molar-refractivity contribution is 6.68. The second-order valence-corrected chi connectivity index (χ2v) is 8.60. The maximum atomic E-state index is 6.17. The molecule has 0 aromatic rings. The first-order valence-corrected chi connectivity index (χ1v) is 8.33. The Morgan fingerprint density at radius 1 is 0.867 bits per heavy atom. The van der Waals surface area contributed by atoms with E-state index in [1.54, 1.807) is 0 Å². The van der Waals surface area contributed by atoms with E-state index in [4.69, 9.17) is 8.85 Å². The van der Waals surface area contributed by atoms with Crippen LogP contribution in [0, 0.1) is 0 Å². The van der Waals surface area contributed by atoms with Gasteiger partial charge in [0.1, 0.15) is 0 Å². The molecule has 0 heterocycles. The molecule has 0 aromatic heterocycles. The van der Waals surface area contributed by atoms with Gasteiger partial charge in [0.15, 0.2) is 0 Å². The Morgan fingerprint density at radius 2 is 1.27 bits per heavy atom. The standard InChI is InChI=1S/C12H28O2Si/c1-8-12(7)15(9-2,13-10(3)4)14-11(5)6/h10-12H,8-9H2,1-7H3. The fourth-order valence-electron chi connectivity index (χ4n) is 1.88. The van der Waals surface area contributed by atoms with Crippen molar-refractivity contribution in [2.75, 3.05) is 0 Å². The molecule has 3 heteroatoms. The first-order chi connectivity index (χ1) is 6.88. The van der Waals surface area contributed by atoms with Crippen LogP contribution in [0.3, 0.4) is 0 Å². The largest absolute Gasteiger partial charge is 0.392 e. The van der Waals surface area contributed by atoms with Crippen LogP contribution in [0.4, 0.5) is 0 Å². The lowest BCUT2D eigenvalue weighted by molar-refractivity contribution is 0.0977. The van der Waals surface area contributed by atoms with Crippen molar-refractivity contribution in [3.63, 3.8) is 0 Å². The predicted octanol–water partition coefficient (Wildman–Crippen LogP) is 4.10. The molecule has 0 bridgehead atoms. The normalized spacial score (nSPS) is 15.0. The van der Waals surface area contributed by atoms with Crippen LogP contribution >= 0.6 is 0 Å². The summed E-state index contributed by atoms with van der Waals surface area (Å²) in [6, 6.07) is 1.04. The molecule has 92 valence electrons. The van der Waals surface area contributed by atoms with Crippen molar-refractivity contribution < 1.29 is 8.85 Å². The van der Waals surface area contributed by atoms with Crippen molar-refractivity contribution in [3.8, 4) is 0 Å². The van der Waals surface area contributed by atoms with Crippen molar-refractivity contribution in [1.29, 1.82) is 0 Å². The van der Waals surface area contributed by atoms with E-state index >= 15 is 0 Å². The zero-order valence-corrected chi connectivity index (χ0v) is 12.5. The molecule has 0 amide bonds. The van der Waals surface area contributed by atoms with Gasteiger partial charge in [-0.15, -0.1) is 0 Å². The Balaban J connectivity index is 4.74. The Labute approximate surface area is 96.6 Å². The van der Waals surface area contributed by atoms with Crippen LogP contribution in [-0.4, -0.2) is 20.8 Å². The molecule has 1 unspecified atom stereocenters. The average Bonchev–Trinajstić information content (AvgIpc) is 2.13. The van der Waals surface area contributed by atoms with E-state index in [1.165, 1.54) is 0 Å². The molecule has 2 nitrogen and oxygen atoms in total. The first kappa shape index (κ1) is 15.1. The lowest BCUT2D eigenvalue weighted by Crippen LogP contribution is -2.48. The maximum absolute atomic E-state index is 6.17. The smallest absolute Gasteiger partial charge is 0.341 e. The molecular formula is C12H28O2Si. The molecule has 0 spiro atoms. The van der Waals surface area contributed by atoms with Crippen LogP contribution in [-0.2, 0) is 8.85 Å². The van der Waals surface area contributed by atoms with Crippen molar-refractivity contribution in [1.82, 2.24) is 0 Å². The van der Waals surface area contributed by atoms with E-state index < -0.39 is 8.56 Å². The summed E-state index contributed by atoms with van der Waals surface area (Å²) in [6.45, 7) is 15.1. The van der Waals surface area contributed by atoms with Crippen LogP contribution in [0.2, 0.25) is 11.6 Å². The van der Waals surface area contributed by atoms with E-state index in [2.05, 4.69) is 48.5 Å². The lowest BCUT2D eigenvalue weighted by Gasteiger charge is -2.37. The summed E-state index contributed by atoms with van der Waals surface area (Å²) in [6.07, 6.45) is 1.67. The summed E-state index contributed by atoms with van der Waals surface area (Å²) in [7, 11) is -2.00. The number of hydrogen-bond acceptors (Lipinski definition) is 2. The molecule has 15 heavy (non-hydrogen) atoms. The van der Waals surface area contributed by atoms with Gasteiger partial charge in [0.05, 0.1) is 0 Å². The van der Waals surface area contributed by atoms with Gasteiger partial charge in [-0.05, 0) is 39.3 Å². The Morgan fingerprint density at radius 3 is 1.47 bits per heavy atom. The molecule has 0 aliphatic rings. The fraction of sp³-hybridized carbons (Fsp3) is 1.00. The predicted molar refractivity (Wildman–Crippen MR) is 68.4 cm³/mol. The molecule has 0 aliphatic carbocycles. The topological polar surface area (TPSA) is 18.5 Å². The minimum Gasteiger partial charge on any atom is -0.392 e. The zero-order valence-electron chi connectivity index (χ0n) is 11.5. The first-order valence-electron chi connectivity index (χ1n) is 6.23. The average molecular weight is 232 g/mol. The highest BCUT2D eigenvalue weighted by Crippen LogP contribution is 2.32. The molecule has 0 radical (unpaired) electrons. The van der Waals surface area contributed by atoms with E-state index in [9.17, 15) is 0 Å². The number of hydrogen-bond donors (Lipinski definition) is 0. The van der Waals surface area contributed by atoms with E-state index in [1.807, 2.05) is 0 Å². The van der Waals surface area contributed by atoms with Crippen molar-refractivity contribution >= 4 is 8.56 Å². The Kier molecular flexibility index (Phi) is 6.72. The fourth-order valence-corrected chi connectivity index (χ4v) is 5.65. The molecule has 0 rings (SSSR count). The van der Waals surface area contributed by atoms with Gasteiger partial charge >= 0.3 is 8.56 Å². The van der Waals surface area contributed by atoms with Crippen LogP contribution in [0.15, 0.2) is 0 Å². The van der Waals surface area contributed by atoms with Gasteiger partial charge in [-0.3, -0.25) is 0 Å². The summed E-state index contributed by atoms with van der Waals surface area (Å²) < 4.78 is 12.3. The molecule has 1 atom stereocenters. The highest BCUT2D eigenvalue weighted by Gasteiger charge is 2.42. The van der Waals surface area contributed by atoms with E-state index in [0.717, 1.165) is 12.5 Å². The van der Waals surface area contributed by atoms with Gasteiger partial charge in [-0.1, -0.05) is 27.2 Å². The van der Waals surface area contributed by atoms with Crippen LogP contribution in [0.5, 0.6) is 0 Å². The van der Waals surface area contributed by atoms with E-state index in [-0.39, 0.29) is 12.2 Å². The third kappa shape index (κ3) is 4.66. The van der Waals surface area contributed by atoms with Crippen molar-refractivity contribution in [3.05, 3.63) is 0 Å². The van der Waals surface area contributed by atoms with Gasteiger partial charge in [-0.25, -0.2) is 0 Å². The summed E-state index contributed by atoms with van der Waals surface area (Å²) in [5.41, 5.74) is 0.562. The minimum atomic E-state index is -2.00. The zero-order chi connectivity index (χ0) is 12.1. The highest BCUT2D eigenvalue weighted by atomic mass is 28.4. The summed E-state index contributed by atoms with van der Waals surface area (Å²) in [5.74, 6) is 0. The molecule has 0 fully saturated rings. The molecule has 0 N–H and O–H groups in total. The van der Waals surface area contributed by atoms with Gasteiger partial charge in [-0.2, -0.15) is 0 Å². The minimum absolute atomic E-state index is 0.268. The molecule has 0 aromatic carbocycles. The maximum Gasteiger partial charge on any atom is 0.341 e. The lowest BCUT2D eigenvalue weighted by atomic mass is 10.4. The third-order valence-corrected chi connectivity index (χ3v) is 7.36. The van der Waals surface area contributed by atoms with E-state index in [0.29, 0.717) is 5.54 Å². The molecular weight excluding hydrogens is 204 g/mol. The SMILES string of the molecule is CCC(C)[Si](CC)(OC(C)C)OC(C)C. The monoisotopic (exact) mass is 232 g/mol. The van der Waals surface area contributed by atoms with Crippen LogP contribution in [0.1, 0.15) is 54.9 Å². The summed E-state index contributed by atoms with van der Waals surface area (Å²) in [4.78, 5) is 0. The summed E-state index contributed by atoms with van der Waals surface area (Å²) >= 11 is 0. The third-order valence-electron chi connectivity index (χ3n) is 2.73. The molecule has 0 saturated heterocycles.